The fraction of sp³-hybridized carbons (Fsp3) is 0.167. The summed E-state index contributed by atoms with van der Waals surface area (Å²) in [6.07, 6.45) is 0.468. The number of hydrogen-bond acceptors (Lipinski definition) is 4. The molecule has 0 aliphatic rings. The maximum atomic E-state index is 12.1. The van der Waals surface area contributed by atoms with Crippen molar-refractivity contribution in [3.63, 3.8) is 0 Å². The van der Waals surface area contributed by atoms with Crippen LogP contribution in [0.4, 0.5) is 10.5 Å². The Labute approximate surface area is 139 Å². The van der Waals surface area contributed by atoms with E-state index < -0.39 is 0 Å². The lowest BCUT2D eigenvalue weighted by molar-refractivity contribution is 0.251. The van der Waals surface area contributed by atoms with E-state index in [2.05, 4.69) is 20.8 Å². The first-order valence-electron chi connectivity index (χ1n) is 7.66. The van der Waals surface area contributed by atoms with Crippen LogP contribution >= 0.6 is 0 Å². The summed E-state index contributed by atoms with van der Waals surface area (Å²) in [6, 6.07) is 17.0. The van der Waals surface area contributed by atoms with Gasteiger partial charge in [-0.2, -0.15) is 4.98 Å². The van der Waals surface area contributed by atoms with E-state index in [1.54, 1.807) is 6.92 Å². The SMILES string of the molecule is Cc1noc(Cc2ccccc2NC(=O)NCc2ccccc2)n1. The molecule has 3 rings (SSSR count). The van der Waals surface area contributed by atoms with Crippen LogP contribution in [0.5, 0.6) is 0 Å². The van der Waals surface area contributed by atoms with Crippen LogP contribution < -0.4 is 10.6 Å². The van der Waals surface area contributed by atoms with Gasteiger partial charge in [0.25, 0.3) is 0 Å². The van der Waals surface area contributed by atoms with Crippen LogP contribution in [0.15, 0.2) is 59.1 Å². The highest BCUT2D eigenvalue weighted by molar-refractivity contribution is 5.90. The predicted molar refractivity (Wildman–Crippen MR) is 90.6 cm³/mol. The number of urea groups is 1. The molecule has 6 heteroatoms. The van der Waals surface area contributed by atoms with Gasteiger partial charge in [0.05, 0.1) is 6.42 Å². The summed E-state index contributed by atoms with van der Waals surface area (Å²) in [4.78, 5) is 16.3. The number of nitrogens with zero attached hydrogens (tertiary/aromatic N) is 2. The Balaban J connectivity index is 1.63. The molecule has 0 saturated carbocycles. The van der Waals surface area contributed by atoms with Gasteiger partial charge in [-0.1, -0.05) is 53.7 Å². The number of para-hydroxylation sites is 1. The molecule has 0 atom stereocenters. The predicted octanol–water partition coefficient (Wildman–Crippen LogP) is 3.29. The minimum absolute atomic E-state index is 0.256. The second kappa shape index (κ2) is 7.41. The molecular weight excluding hydrogens is 304 g/mol. The number of aryl methyl sites for hydroxylation is 1. The molecule has 2 N–H and O–H groups in total. The topological polar surface area (TPSA) is 80.0 Å². The zero-order valence-electron chi connectivity index (χ0n) is 13.3. The molecule has 0 bridgehead atoms. The Bertz CT molecular complexity index is 815. The lowest BCUT2D eigenvalue weighted by Gasteiger charge is -2.11. The molecule has 122 valence electrons. The van der Waals surface area contributed by atoms with Gasteiger partial charge in [-0.3, -0.25) is 0 Å². The number of benzene rings is 2. The molecule has 1 heterocycles. The highest BCUT2D eigenvalue weighted by Crippen LogP contribution is 2.18. The molecule has 0 radical (unpaired) electrons. The molecule has 0 spiro atoms. The molecule has 0 unspecified atom stereocenters. The molecule has 0 saturated heterocycles. The maximum absolute atomic E-state index is 12.1. The number of carbonyl (C=O) groups is 1. The van der Waals surface area contributed by atoms with Gasteiger partial charge in [0, 0.05) is 12.2 Å². The summed E-state index contributed by atoms with van der Waals surface area (Å²) in [5, 5.41) is 9.49. The second-order valence-corrected chi connectivity index (χ2v) is 5.36. The Morgan fingerprint density at radius 1 is 1.08 bits per heavy atom. The maximum Gasteiger partial charge on any atom is 0.319 e. The van der Waals surface area contributed by atoms with E-state index in [9.17, 15) is 4.79 Å². The average Bonchev–Trinajstić information content (AvgIpc) is 3.01. The smallest absolute Gasteiger partial charge is 0.319 e. The second-order valence-electron chi connectivity index (χ2n) is 5.36. The van der Waals surface area contributed by atoms with Crippen LogP contribution in [-0.2, 0) is 13.0 Å². The molecule has 2 amide bonds. The quantitative estimate of drug-likeness (QED) is 0.755. The van der Waals surface area contributed by atoms with Crippen molar-refractivity contribution in [1.29, 1.82) is 0 Å². The van der Waals surface area contributed by atoms with Crippen molar-refractivity contribution >= 4 is 11.7 Å². The Hall–Kier alpha value is -3.15. The standard InChI is InChI=1S/C18H18N4O2/c1-13-20-17(24-22-13)11-15-9-5-6-10-16(15)21-18(23)19-12-14-7-3-2-4-8-14/h2-10H,11-12H2,1H3,(H2,19,21,23). The van der Waals surface area contributed by atoms with Crippen molar-refractivity contribution in [2.24, 2.45) is 0 Å². The van der Waals surface area contributed by atoms with E-state index in [1.165, 1.54) is 0 Å². The van der Waals surface area contributed by atoms with Crippen LogP contribution in [0.25, 0.3) is 0 Å². The minimum Gasteiger partial charge on any atom is -0.339 e. The third-order valence-electron chi connectivity index (χ3n) is 3.47. The van der Waals surface area contributed by atoms with Gasteiger partial charge in [0.1, 0.15) is 0 Å². The lowest BCUT2D eigenvalue weighted by Crippen LogP contribution is -2.28. The van der Waals surface area contributed by atoms with Crippen molar-refractivity contribution in [2.75, 3.05) is 5.32 Å². The number of anilines is 1. The van der Waals surface area contributed by atoms with Crippen LogP contribution in [0.1, 0.15) is 22.8 Å². The minimum atomic E-state index is -0.256. The normalized spacial score (nSPS) is 10.4. The zero-order chi connectivity index (χ0) is 16.8. The van der Waals surface area contributed by atoms with E-state index >= 15 is 0 Å². The number of aromatic nitrogens is 2. The summed E-state index contributed by atoms with van der Waals surface area (Å²) in [7, 11) is 0. The zero-order valence-corrected chi connectivity index (χ0v) is 13.3. The lowest BCUT2D eigenvalue weighted by atomic mass is 10.1. The molecule has 3 aromatic rings. The largest absolute Gasteiger partial charge is 0.339 e. The molecule has 0 fully saturated rings. The summed E-state index contributed by atoms with van der Waals surface area (Å²) in [5.74, 6) is 1.11. The van der Waals surface area contributed by atoms with Gasteiger partial charge < -0.3 is 15.2 Å². The van der Waals surface area contributed by atoms with Crippen LogP contribution in [-0.4, -0.2) is 16.2 Å². The van der Waals surface area contributed by atoms with Crippen molar-refractivity contribution in [2.45, 2.75) is 19.9 Å². The van der Waals surface area contributed by atoms with Crippen LogP contribution in [0.2, 0.25) is 0 Å². The summed E-state index contributed by atoms with van der Waals surface area (Å²) in [6.45, 7) is 2.24. The van der Waals surface area contributed by atoms with E-state index in [0.29, 0.717) is 24.7 Å². The van der Waals surface area contributed by atoms with E-state index in [-0.39, 0.29) is 6.03 Å². The molecule has 2 aromatic carbocycles. The first kappa shape index (κ1) is 15.7. The Kier molecular flexibility index (Phi) is 4.86. The van der Waals surface area contributed by atoms with E-state index in [0.717, 1.165) is 16.8 Å². The van der Waals surface area contributed by atoms with Gasteiger partial charge >= 0.3 is 6.03 Å². The van der Waals surface area contributed by atoms with Gasteiger partial charge in [-0.15, -0.1) is 0 Å². The first-order chi connectivity index (χ1) is 11.7. The van der Waals surface area contributed by atoms with E-state index in [4.69, 9.17) is 4.52 Å². The summed E-state index contributed by atoms with van der Waals surface area (Å²) >= 11 is 0. The number of rotatable bonds is 5. The monoisotopic (exact) mass is 322 g/mol. The highest BCUT2D eigenvalue weighted by atomic mass is 16.5. The van der Waals surface area contributed by atoms with Gasteiger partial charge in [-0.25, -0.2) is 4.79 Å². The van der Waals surface area contributed by atoms with Crippen molar-refractivity contribution in [3.05, 3.63) is 77.4 Å². The molecule has 0 aliphatic carbocycles. The van der Waals surface area contributed by atoms with Gasteiger partial charge in [-0.05, 0) is 24.1 Å². The number of amides is 2. The number of hydrogen-bond donors (Lipinski definition) is 2. The molecule has 6 nitrogen and oxygen atoms in total. The Morgan fingerprint density at radius 2 is 1.83 bits per heavy atom. The molecule has 1 aromatic heterocycles. The first-order valence-corrected chi connectivity index (χ1v) is 7.66. The van der Waals surface area contributed by atoms with Crippen molar-refractivity contribution < 1.29 is 9.32 Å². The fourth-order valence-corrected chi connectivity index (χ4v) is 2.32. The highest BCUT2D eigenvalue weighted by Gasteiger charge is 2.10. The number of nitrogens with one attached hydrogen (secondary N) is 2. The van der Waals surface area contributed by atoms with Gasteiger partial charge in [0.15, 0.2) is 5.82 Å². The third-order valence-corrected chi connectivity index (χ3v) is 3.47. The third kappa shape index (κ3) is 4.19. The summed E-state index contributed by atoms with van der Waals surface area (Å²) < 4.78 is 5.14. The Morgan fingerprint density at radius 3 is 2.58 bits per heavy atom. The summed E-state index contributed by atoms with van der Waals surface area (Å²) in [5.41, 5.74) is 2.68. The molecule has 24 heavy (non-hydrogen) atoms. The average molecular weight is 322 g/mol. The van der Waals surface area contributed by atoms with Gasteiger partial charge in [0.2, 0.25) is 5.89 Å². The van der Waals surface area contributed by atoms with Crippen molar-refractivity contribution in [1.82, 2.24) is 15.5 Å². The van der Waals surface area contributed by atoms with E-state index in [1.807, 2.05) is 54.6 Å². The van der Waals surface area contributed by atoms with Crippen molar-refractivity contribution in [3.8, 4) is 0 Å². The fourth-order valence-electron chi connectivity index (χ4n) is 2.32. The van der Waals surface area contributed by atoms with Crippen LogP contribution in [0, 0.1) is 6.92 Å². The van der Waals surface area contributed by atoms with Crippen LogP contribution in [0.3, 0.4) is 0 Å². The number of carbonyl (C=O) groups excluding carboxylic acids is 1. The molecular formula is C18H18N4O2. The molecule has 0 aliphatic heterocycles.